The van der Waals surface area contributed by atoms with Gasteiger partial charge >= 0.3 is 12.0 Å². The molecule has 4 N–H and O–H groups in total. The third-order valence-corrected chi connectivity index (χ3v) is 2.80. The van der Waals surface area contributed by atoms with Crippen LogP contribution < -0.4 is 16.0 Å². The molecule has 1 aliphatic rings. The molecule has 108 valence electrons. The van der Waals surface area contributed by atoms with Crippen molar-refractivity contribution in [3.05, 3.63) is 0 Å². The minimum Gasteiger partial charge on any atom is -0.480 e. The van der Waals surface area contributed by atoms with E-state index in [1.54, 1.807) is 13.8 Å². The first-order valence-electron chi connectivity index (χ1n) is 6.46. The molecule has 3 amide bonds. The summed E-state index contributed by atoms with van der Waals surface area (Å²) in [5, 5.41) is 16.5. The van der Waals surface area contributed by atoms with E-state index in [-0.39, 0.29) is 24.8 Å². The number of nitrogens with one attached hydrogen (secondary N) is 3. The first-order chi connectivity index (χ1) is 8.90. The van der Waals surface area contributed by atoms with Crippen molar-refractivity contribution in [2.45, 2.75) is 45.2 Å². The molecular formula is C12H21N3O4. The second-order valence-corrected chi connectivity index (χ2v) is 5.05. The second-order valence-electron chi connectivity index (χ2n) is 5.05. The molecule has 0 heterocycles. The Morgan fingerprint density at radius 3 is 2.37 bits per heavy atom. The van der Waals surface area contributed by atoms with Gasteiger partial charge in [0.15, 0.2) is 0 Å². The van der Waals surface area contributed by atoms with Gasteiger partial charge in [0.25, 0.3) is 0 Å². The molecular weight excluding hydrogens is 250 g/mol. The zero-order valence-corrected chi connectivity index (χ0v) is 11.2. The molecule has 0 radical (unpaired) electrons. The summed E-state index contributed by atoms with van der Waals surface area (Å²) in [5.41, 5.74) is 0. The molecule has 1 rings (SSSR count). The molecule has 0 saturated heterocycles. The van der Waals surface area contributed by atoms with Gasteiger partial charge in [-0.1, -0.05) is 13.8 Å². The molecule has 0 aromatic heterocycles. The maximum atomic E-state index is 11.5. The Hall–Kier alpha value is -1.79. The number of amides is 3. The molecule has 0 bridgehead atoms. The molecule has 7 nitrogen and oxygen atoms in total. The van der Waals surface area contributed by atoms with E-state index in [1.165, 1.54) is 0 Å². The summed E-state index contributed by atoms with van der Waals surface area (Å²) < 4.78 is 0. The van der Waals surface area contributed by atoms with Crippen molar-refractivity contribution in [1.82, 2.24) is 16.0 Å². The molecule has 0 aromatic carbocycles. The zero-order valence-electron chi connectivity index (χ0n) is 11.2. The van der Waals surface area contributed by atoms with Crippen molar-refractivity contribution in [3.63, 3.8) is 0 Å². The van der Waals surface area contributed by atoms with Crippen LogP contribution in [0.4, 0.5) is 4.79 Å². The van der Waals surface area contributed by atoms with Crippen LogP contribution in [0.5, 0.6) is 0 Å². The van der Waals surface area contributed by atoms with Crippen molar-refractivity contribution in [2.75, 3.05) is 6.54 Å². The van der Waals surface area contributed by atoms with Crippen LogP contribution in [0.2, 0.25) is 0 Å². The summed E-state index contributed by atoms with van der Waals surface area (Å²) in [7, 11) is 0. The number of carboxylic acid groups (broad SMARTS) is 1. The minimum absolute atomic E-state index is 0.0959. The maximum absolute atomic E-state index is 11.5. The van der Waals surface area contributed by atoms with Gasteiger partial charge in [-0.3, -0.25) is 4.79 Å². The molecule has 0 unspecified atom stereocenters. The molecule has 19 heavy (non-hydrogen) atoms. The molecule has 7 heteroatoms. The highest BCUT2D eigenvalue weighted by atomic mass is 16.4. The van der Waals surface area contributed by atoms with Crippen LogP contribution in [-0.2, 0) is 9.59 Å². The van der Waals surface area contributed by atoms with E-state index in [9.17, 15) is 14.4 Å². The smallest absolute Gasteiger partial charge is 0.326 e. The van der Waals surface area contributed by atoms with Gasteiger partial charge < -0.3 is 21.1 Å². The average Bonchev–Trinajstić information content (AvgIpc) is 3.08. The van der Waals surface area contributed by atoms with Crippen LogP contribution in [0.1, 0.15) is 33.1 Å². The van der Waals surface area contributed by atoms with Crippen molar-refractivity contribution in [3.8, 4) is 0 Å². The number of urea groups is 1. The number of aliphatic carboxylic acids is 1. The van der Waals surface area contributed by atoms with Crippen LogP contribution in [0, 0.1) is 5.92 Å². The normalized spacial score (nSPS) is 15.7. The Balaban J connectivity index is 2.18. The van der Waals surface area contributed by atoms with E-state index >= 15 is 0 Å². The predicted octanol–water partition coefficient (Wildman–Crippen LogP) is 0.0635. The average molecular weight is 271 g/mol. The number of rotatable bonds is 7. The number of carbonyl (C=O) groups excluding carboxylic acids is 2. The van der Waals surface area contributed by atoms with Gasteiger partial charge in [-0.15, -0.1) is 0 Å². The zero-order chi connectivity index (χ0) is 14.4. The lowest BCUT2D eigenvalue weighted by molar-refractivity contribution is -0.140. The monoisotopic (exact) mass is 271 g/mol. The van der Waals surface area contributed by atoms with Gasteiger partial charge in [-0.2, -0.15) is 0 Å². The Labute approximate surface area is 112 Å². The lowest BCUT2D eigenvalue weighted by Gasteiger charge is -2.18. The highest BCUT2D eigenvalue weighted by Crippen LogP contribution is 2.18. The number of carboxylic acids is 1. The molecule has 1 aliphatic carbocycles. The largest absolute Gasteiger partial charge is 0.480 e. The first-order valence-corrected chi connectivity index (χ1v) is 6.46. The number of carbonyl (C=O) groups is 3. The third-order valence-electron chi connectivity index (χ3n) is 2.80. The molecule has 1 atom stereocenters. The van der Waals surface area contributed by atoms with E-state index in [0.29, 0.717) is 6.04 Å². The van der Waals surface area contributed by atoms with E-state index in [0.717, 1.165) is 12.8 Å². The van der Waals surface area contributed by atoms with Gasteiger partial charge in [0.2, 0.25) is 5.91 Å². The molecule has 0 spiro atoms. The van der Waals surface area contributed by atoms with Crippen LogP contribution >= 0.6 is 0 Å². The summed E-state index contributed by atoms with van der Waals surface area (Å²) in [6.45, 7) is 3.61. The Morgan fingerprint density at radius 2 is 1.89 bits per heavy atom. The van der Waals surface area contributed by atoms with Gasteiger partial charge in [0.1, 0.15) is 6.04 Å². The van der Waals surface area contributed by atoms with Gasteiger partial charge in [-0.25, -0.2) is 9.59 Å². The minimum atomic E-state index is -1.07. The molecule has 0 aromatic rings. The number of hydrogen-bond acceptors (Lipinski definition) is 3. The molecule has 0 aliphatic heterocycles. The summed E-state index contributed by atoms with van der Waals surface area (Å²) in [6.07, 6.45) is 2.24. The van der Waals surface area contributed by atoms with Crippen LogP contribution in [0.3, 0.4) is 0 Å². The highest BCUT2D eigenvalue weighted by molar-refractivity contribution is 5.83. The fourth-order valence-electron chi connectivity index (χ4n) is 1.52. The van der Waals surface area contributed by atoms with E-state index in [2.05, 4.69) is 16.0 Å². The van der Waals surface area contributed by atoms with Crippen molar-refractivity contribution < 1.29 is 19.5 Å². The van der Waals surface area contributed by atoms with Crippen molar-refractivity contribution in [1.29, 1.82) is 0 Å². The van der Waals surface area contributed by atoms with E-state index in [1.807, 2.05) is 0 Å². The third kappa shape index (κ3) is 6.08. The Morgan fingerprint density at radius 1 is 1.26 bits per heavy atom. The molecule has 1 saturated carbocycles. The standard InChI is InChI=1S/C12H21N3O4/c1-7(2)10(11(17)18)15-12(19)13-6-5-9(16)14-8-3-4-8/h7-8,10H,3-6H2,1-2H3,(H,14,16)(H,17,18)(H2,13,15,19)/t10-/m0/s1. The van der Waals surface area contributed by atoms with Gasteiger partial charge in [0, 0.05) is 19.0 Å². The Bertz CT molecular complexity index is 353. The summed E-state index contributed by atoms with van der Waals surface area (Å²) >= 11 is 0. The van der Waals surface area contributed by atoms with E-state index in [4.69, 9.17) is 5.11 Å². The highest BCUT2D eigenvalue weighted by Gasteiger charge is 2.24. The predicted molar refractivity (Wildman–Crippen MR) is 68.6 cm³/mol. The quantitative estimate of drug-likeness (QED) is 0.525. The fraction of sp³-hybridized carbons (Fsp3) is 0.750. The molecule has 1 fully saturated rings. The Kier molecular flexibility index (Phi) is 5.59. The second kappa shape index (κ2) is 6.96. The van der Waals surface area contributed by atoms with Crippen molar-refractivity contribution in [2.24, 2.45) is 5.92 Å². The lowest BCUT2D eigenvalue weighted by atomic mass is 10.1. The summed E-state index contributed by atoms with van der Waals surface area (Å²) in [5.74, 6) is -1.38. The number of hydrogen-bond donors (Lipinski definition) is 4. The van der Waals surface area contributed by atoms with Crippen molar-refractivity contribution >= 4 is 17.9 Å². The van der Waals surface area contributed by atoms with Crippen LogP contribution in [0.25, 0.3) is 0 Å². The lowest BCUT2D eigenvalue weighted by Crippen LogP contribution is -2.49. The fourth-order valence-corrected chi connectivity index (χ4v) is 1.52. The van der Waals surface area contributed by atoms with E-state index < -0.39 is 18.0 Å². The van der Waals surface area contributed by atoms with Gasteiger partial charge in [0.05, 0.1) is 0 Å². The summed E-state index contributed by atoms with van der Waals surface area (Å²) in [6, 6.07) is -1.20. The van der Waals surface area contributed by atoms with Crippen LogP contribution in [-0.4, -0.2) is 41.6 Å². The maximum Gasteiger partial charge on any atom is 0.326 e. The van der Waals surface area contributed by atoms with Crippen LogP contribution in [0.15, 0.2) is 0 Å². The topological polar surface area (TPSA) is 108 Å². The first kappa shape index (κ1) is 15.3. The SMILES string of the molecule is CC(C)[C@H](NC(=O)NCCC(=O)NC1CC1)C(=O)O. The van der Waals surface area contributed by atoms with Gasteiger partial charge in [-0.05, 0) is 18.8 Å². The summed E-state index contributed by atoms with van der Waals surface area (Å²) in [4.78, 5) is 33.7.